The van der Waals surface area contributed by atoms with Crippen molar-refractivity contribution in [1.29, 1.82) is 0 Å². The minimum Gasteiger partial charge on any atom is -0.426 e. The Morgan fingerprint density at radius 3 is 2.32 bits per heavy atom. The molecule has 0 amide bonds. The molecule has 1 aliphatic heterocycles. The van der Waals surface area contributed by atoms with Crippen LogP contribution in [0.1, 0.15) is 38.3 Å². The van der Waals surface area contributed by atoms with Crippen LogP contribution < -0.4 is 9.64 Å². The van der Waals surface area contributed by atoms with Crippen LogP contribution in [0.2, 0.25) is 0 Å². The molecular weight excluding hydrogens is 466 g/mol. The van der Waals surface area contributed by atoms with Crippen LogP contribution in [0.3, 0.4) is 0 Å². The maximum Gasteiger partial charge on any atom is 0.312 e. The van der Waals surface area contributed by atoms with Crippen molar-refractivity contribution in [3.63, 3.8) is 0 Å². The lowest BCUT2D eigenvalue weighted by molar-refractivity contribution is -0.402. The summed E-state index contributed by atoms with van der Waals surface area (Å²) in [6.45, 7) is 8.09. The molecule has 0 aliphatic carbocycles. The quantitative estimate of drug-likeness (QED) is 0.117. The van der Waals surface area contributed by atoms with E-state index in [2.05, 4.69) is 43.0 Å². The summed E-state index contributed by atoms with van der Waals surface area (Å²) in [6, 6.07) is 22.1. The number of hydrogen-bond donors (Lipinski definition) is 0. The van der Waals surface area contributed by atoms with Crippen molar-refractivity contribution < 1.29 is 19.0 Å². The predicted octanol–water partition coefficient (Wildman–Crippen LogP) is 6.14. The first-order chi connectivity index (χ1) is 17.8. The third-order valence-electron chi connectivity index (χ3n) is 7.00. The zero-order valence-corrected chi connectivity index (χ0v) is 21.7. The highest BCUT2D eigenvalue weighted by atomic mass is 16.6. The highest BCUT2D eigenvalue weighted by Crippen LogP contribution is 2.44. The Hall–Kier alpha value is -4.26. The Morgan fingerprint density at radius 2 is 1.70 bits per heavy atom. The Labute approximate surface area is 217 Å². The number of ether oxygens (including phenoxy) is 1. The number of nitrogens with zero attached hydrogens (tertiary/aromatic N) is 3. The molecule has 0 fully saturated rings. The van der Waals surface area contributed by atoms with Crippen molar-refractivity contribution in [2.75, 3.05) is 25.0 Å². The van der Waals surface area contributed by atoms with Crippen LogP contribution in [-0.4, -0.2) is 41.3 Å². The Kier molecular flexibility index (Phi) is 7.53. The molecule has 0 radical (unpaired) electrons. The fraction of sp³-hybridized carbons (Fsp3) is 0.267. The van der Waals surface area contributed by atoms with Crippen LogP contribution in [0.15, 0.2) is 78.9 Å². The van der Waals surface area contributed by atoms with Gasteiger partial charge in [0.15, 0.2) is 5.71 Å². The average molecular weight is 499 g/mol. The first kappa shape index (κ1) is 25.8. The smallest absolute Gasteiger partial charge is 0.312 e. The SMILES string of the molecule is CCN(CC)c1ccc(C=CC2=[N+](C)c3ccc([N+](=O)[O-])cc3C2(C)CC(=O)Oc2ccccc2)cc1. The van der Waals surface area contributed by atoms with Crippen LogP contribution in [0.25, 0.3) is 6.08 Å². The molecule has 0 aromatic heterocycles. The largest absolute Gasteiger partial charge is 0.426 e. The van der Waals surface area contributed by atoms with E-state index in [1.54, 1.807) is 36.4 Å². The highest BCUT2D eigenvalue weighted by Gasteiger charge is 2.49. The number of esters is 1. The van der Waals surface area contributed by atoms with Crippen molar-refractivity contribution >= 4 is 34.8 Å². The molecule has 0 bridgehead atoms. The number of anilines is 1. The number of carbonyl (C=O) groups excluding carboxylic acids is 1. The van der Waals surface area contributed by atoms with E-state index in [0.717, 1.165) is 35.6 Å². The van der Waals surface area contributed by atoms with Gasteiger partial charge in [0.05, 0.1) is 16.8 Å². The van der Waals surface area contributed by atoms with E-state index < -0.39 is 16.3 Å². The van der Waals surface area contributed by atoms with Crippen molar-refractivity contribution in [3.8, 4) is 5.75 Å². The molecule has 1 heterocycles. The van der Waals surface area contributed by atoms with Gasteiger partial charge in [-0.2, -0.15) is 4.58 Å². The minimum absolute atomic E-state index is 0.00739. The second-order valence-corrected chi connectivity index (χ2v) is 9.30. The summed E-state index contributed by atoms with van der Waals surface area (Å²) in [5.41, 5.74) is 3.78. The van der Waals surface area contributed by atoms with Gasteiger partial charge in [-0.25, -0.2) is 0 Å². The number of hydrogen-bond acceptors (Lipinski definition) is 5. The van der Waals surface area contributed by atoms with E-state index in [0.29, 0.717) is 5.75 Å². The lowest BCUT2D eigenvalue weighted by atomic mass is 9.76. The van der Waals surface area contributed by atoms with E-state index in [1.807, 2.05) is 36.8 Å². The molecule has 1 unspecified atom stereocenters. The van der Waals surface area contributed by atoms with Crippen LogP contribution in [-0.2, 0) is 10.2 Å². The van der Waals surface area contributed by atoms with Gasteiger partial charge in [-0.05, 0) is 56.7 Å². The molecule has 0 saturated heterocycles. The predicted molar refractivity (Wildman–Crippen MR) is 147 cm³/mol. The first-order valence-corrected chi connectivity index (χ1v) is 12.5. The number of rotatable bonds is 9. The van der Waals surface area contributed by atoms with Crippen molar-refractivity contribution in [1.82, 2.24) is 0 Å². The molecule has 7 heteroatoms. The van der Waals surface area contributed by atoms with Crippen LogP contribution in [0.4, 0.5) is 17.1 Å². The number of fused-ring (bicyclic) bond motifs is 1. The van der Waals surface area contributed by atoms with Gasteiger partial charge in [-0.1, -0.05) is 30.3 Å². The maximum absolute atomic E-state index is 13.1. The molecule has 3 aromatic carbocycles. The Morgan fingerprint density at radius 1 is 1.03 bits per heavy atom. The standard InChI is InChI=1S/C30H32N3O4/c1-5-32(6-2)23-15-12-22(13-16-23)14-19-28-30(3,21-29(34)37-25-10-8-7-9-11-25)26-20-24(33(35)36)17-18-27(26)31(28)4/h7-20H,5-6,21H2,1-4H3/q+1. The van der Waals surface area contributed by atoms with E-state index in [9.17, 15) is 14.9 Å². The number of non-ortho nitro benzene ring substituents is 1. The van der Waals surface area contributed by atoms with Crippen LogP contribution in [0.5, 0.6) is 5.75 Å². The zero-order valence-electron chi connectivity index (χ0n) is 21.7. The van der Waals surface area contributed by atoms with E-state index in [1.165, 1.54) is 11.8 Å². The maximum atomic E-state index is 13.1. The van der Waals surface area contributed by atoms with Gasteiger partial charge in [0.25, 0.3) is 5.69 Å². The molecule has 0 saturated carbocycles. The van der Waals surface area contributed by atoms with Gasteiger partial charge in [0, 0.05) is 48.6 Å². The third-order valence-corrected chi connectivity index (χ3v) is 7.00. The fourth-order valence-electron chi connectivity index (χ4n) is 5.00. The number of benzene rings is 3. The molecule has 0 spiro atoms. The molecule has 37 heavy (non-hydrogen) atoms. The lowest BCUT2D eigenvalue weighted by Crippen LogP contribution is -2.34. The molecule has 7 nitrogen and oxygen atoms in total. The molecule has 1 aliphatic rings. The number of para-hydroxylation sites is 1. The lowest BCUT2D eigenvalue weighted by Gasteiger charge is -2.21. The Bertz CT molecular complexity index is 1360. The summed E-state index contributed by atoms with van der Waals surface area (Å²) in [6.07, 6.45) is 4.04. The van der Waals surface area contributed by atoms with Crippen LogP contribution >= 0.6 is 0 Å². The molecule has 3 aromatic rings. The minimum atomic E-state index is -0.820. The summed E-state index contributed by atoms with van der Waals surface area (Å²) in [4.78, 5) is 26.5. The summed E-state index contributed by atoms with van der Waals surface area (Å²) in [5.74, 6) is 0.0584. The van der Waals surface area contributed by atoms with E-state index >= 15 is 0 Å². The van der Waals surface area contributed by atoms with Crippen molar-refractivity contribution in [2.45, 2.75) is 32.6 Å². The van der Waals surface area contributed by atoms with Crippen molar-refractivity contribution in [3.05, 3.63) is 100 Å². The molecule has 1 atom stereocenters. The van der Waals surface area contributed by atoms with Gasteiger partial charge < -0.3 is 9.64 Å². The number of allylic oxidation sites excluding steroid dienone is 1. The van der Waals surface area contributed by atoms with Crippen molar-refractivity contribution in [2.24, 2.45) is 0 Å². The highest BCUT2D eigenvalue weighted by molar-refractivity contribution is 6.07. The number of carbonyl (C=O) groups is 1. The summed E-state index contributed by atoms with van der Waals surface area (Å²) >= 11 is 0. The number of nitro benzene ring substituents is 1. The second kappa shape index (κ2) is 10.8. The topological polar surface area (TPSA) is 75.7 Å². The second-order valence-electron chi connectivity index (χ2n) is 9.30. The average Bonchev–Trinajstić information content (AvgIpc) is 3.10. The van der Waals surface area contributed by atoms with E-state index in [-0.39, 0.29) is 12.1 Å². The van der Waals surface area contributed by atoms with E-state index in [4.69, 9.17) is 4.74 Å². The summed E-state index contributed by atoms with van der Waals surface area (Å²) < 4.78 is 7.60. The summed E-state index contributed by atoms with van der Waals surface area (Å²) in [5, 5.41) is 11.5. The first-order valence-electron chi connectivity index (χ1n) is 12.5. The third kappa shape index (κ3) is 5.31. The van der Waals surface area contributed by atoms with Gasteiger partial charge in [0.2, 0.25) is 5.69 Å². The monoisotopic (exact) mass is 498 g/mol. The molecule has 4 rings (SSSR count). The zero-order chi connectivity index (χ0) is 26.6. The Balaban J connectivity index is 1.69. The van der Waals surface area contributed by atoms with Gasteiger partial charge in [-0.3, -0.25) is 14.9 Å². The van der Waals surface area contributed by atoms with Crippen LogP contribution in [0, 0.1) is 10.1 Å². The van der Waals surface area contributed by atoms with Gasteiger partial charge >= 0.3 is 5.97 Å². The molecular formula is C30H32N3O4+. The number of nitro groups is 1. The molecule has 0 N–H and O–H groups in total. The molecule has 190 valence electrons. The van der Waals surface area contributed by atoms with Gasteiger partial charge in [0.1, 0.15) is 12.8 Å². The summed E-state index contributed by atoms with van der Waals surface area (Å²) in [7, 11) is 1.92. The fourth-order valence-corrected chi connectivity index (χ4v) is 5.00. The normalized spacial score (nSPS) is 16.6. The van der Waals surface area contributed by atoms with Gasteiger partial charge in [-0.15, -0.1) is 0 Å².